The minimum Gasteiger partial charge on any atom is -0.494 e. The minimum absolute atomic E-state index is 0.194. The molecular weight excluding hydrogens is 271 g/mol. The SMILES string of the molecule is COCCC(=O)Nc1nc2c(OC)cc(F)cc2s1. The molecule has 0 bridgehead atoms. The van der Waals surface area contributed by atoms with Gasteiger partial charge in [-0.1, -0.05) is 11.3 Å². The van der Waals surface area contributed by atoms with Crippen molar-refractivity contribution in [1.82, 2.24) is 4.98 Å². The maximum absolute atomic E-state index is 13.3. The molecule has 19 heavy (non-hydrogen) atoms. The van der Waals surface area contributed by atoms with Crippen molar-refractivity contribution < 1.29 is 18.7 Å². The number of hydrogen-bond donors (Lipinski definition) is 1. The molecule has 1 heterocycles. The summed E-state index contributed by atoms with van der Waals surface area (Å²) in [7, 11) is 2.98. The van der Waals surface area contributed by atoms with Gasteiger partial charge in [-0.05, 0) is 6.07 Å². The molecule has 2 rings (SSSR count). The van der Waals surface area contributed by atoms with Crippen LogP contribution in [0.4, 0.5) is 9.52 Å². The summed E-state index contributed by atoms with van der Waals surface area (Å²) in [5.41, 5.74) is 0.538. The summed E-state index contributed by atoms with van der Waals surface area (Å²) in [5.74, 6) is -0.241. The molecule has 1 aromatic carbocycles. The molecule has 0 atom stereocenters. The van der Waals surface area contributed by atoms with Gasteiger partial charge in [-0.25, -0.2) is 9.37 Å². The zero-order valence-electron chi connectivity index (χ0n) is 10.5. The van der Waals surface area contributed by atoms with E-state index in [4.69, 9.17) is 9.47 Å². The maximum Gasteiger partial charge on any atom is 0.228 e. The van der Waals surface area contributed by atoms with Crippen molar-refractivity contribution in [3.05, 3.63) is 17.9 Å². The molecule has 1 amide bonds. The van der Waals surface area contributed by atoms with Crippen LogP contribution in [0, 0.1) is 5.82 Å². The molecule has 0 saturated carbocycles. The second-order valence-electron chi connectivity index (χ2n) is 3.76. The topological polar surface area (TPSA) is 60.5 Å². The third kappa shape index (κ3) is 3.18. The number of carbonyl (C=O) groups is 1. The van der Waals surface area contributed by atoms with Crippen molar-refractivity contribution in [2.45, 2.75) is 6.42 Å². The number of thiazole rings is 1. The third-order valence-electron chi connectivity index (χ3n) is 2.42. The molecule has 0 aliphatic heterocycles. The first-order valence-corrected chi connectivity index (χ1v) is 6.38. The highest BCUT2D eigenvalue weighted by Gasteiger charge is 2.12. The number of anilines is 1. The van der Waals surface area contributed by atoms with Crippen LogP contribution < -0.4 is 10.1 Å². The van der Waals surface area contributed by atoms with Crippen LogP contribution in [0.15, 0.2) is 12.1 Å². The van der Waals surface area contributed by atoms with E-state index in [1.54, 1.807) is 0 Å². The van der Waals surface area contributed by atoms with E-state index in [0.29, 0.717) is 27.7 Å². The van der Waals surface area contributed by atoms with Gasteiger partial charge >= 0.3 is 0 Å². The molecule has 0 radical (unpaired) electrons. The van der Waals surface area contributed by atoms with Gasteiger partial charge in [0.25, 0.3) is 0 Å². The van der Waals surface area contributed by atoms with Gasteiger partial charge in [0.05, 0.1) is 24.8 Å². The highest BCUT2D eigenvalue weighted by atomic mass is 32.1. The number of benzene rings is 1. The summed E-state index contributed by atoms with van der Waals surface area (Å²) in [6, 6.07) is 2.62. The lowest BCUT2D eigenvalue weighted by molar-refractivity contribution is -0.117. The summed E-state index contributed by atoms with van der Waals surface area (Å²) >= 11 is 1.20. The highest BCUT2D eigenvalue weighted by molar-refractivity contribution is 7.22. The quantitative estimate of drug-likeness (QED) is 0.916. The van der Waals surface area contributed by atoms with Crippen LogP contribution in [-0.4, -0.2) is 31.7 Å². The number of methoxy groups -OCH3 is 2. The fraction of sp³-hybridized carbons (Fsp3) is 0.333. The molecular formula is C12H13FN2O3S. The first-order chi connectivity index (χ1) is 9.13. The average Bonchev–Trinajstić information content (AvgIpc) is 2.77. The molecule has 0 unspecified atom stereocenters. The Balaban J connectivity index is 2.24. The largest absolute Gasteiger partial charge is 0.494 e. The molecule has 2 aromatic rings. The van der Waals surface area contributed by atoms with E-state index in [-0.39, 0.29) is 12.3 Å². The number of hydrogen-bond acceptors (Lipinski definition) is 5. The Kier molecular flexibility index (Phi) is 4.28. The van der Waals surface area contributed by atoms with E-state index in [1.807, 2.05) is 0 Å². The number of ether oxygens (including phenoxy) is 2. The van der Waals surface area contributed by atoms with Crippen molar-refractivity contribution in [3.63, 3.8) is 0 Å². The maximum atomic E-state index is 13.3. The molecule has 1 aromatic heterocycles. The fourth-order valence-corrected chi connectivity index (χ4v) is 2.48. The minimum atomic E-state index is -0.398. The van der Waals surface area contributed by atoms with Gasteiger partial charge in [0.1, 0.15) is 17.1 Å². The lowest BCUT2D eigenvalue weighted by Crippen LogP contribution is -2.13. The summed E-state index contributed by atoms with van der Waals surface area (Å²) in [5, 5.41) is 3.06. The van der Waals surface area contributed by atoms with Gasteiger partial charge in [0, 0.05) is 13.2 Å². The average molecular weight is 284 g/mol. The molecule has 1 N–H and O–H groups in total. The van der Waals surface area contributed by atoms with E-state index in [0.717, 1.165) is 0 Å². The molecule has 0 aliphatic carbocycles. The Labute approximate surface area is 113 Å². The van der Waals surface area contributed by atoms with Crippen LogP contribution in [0.5, 0.6) is 5.75 Å². The van der Waals surface area contributed by atoms with Crippen molar-refractivity contribution in [1.29, 1.82) is 0 Å². The number of halogens is 1. The predicted molar refractivity (Wildman–Crippen MR) is 71.3 cm³/mol. The van der Waals surface area contributed by atoms with Gasteiger partial charge in [0.2, 0.25) is 5.91 Å². The first-order valence-electron chi connectivity index (χ1n) is 5.57. The van der Waals surface area contributed by atoms with Gasteiger partial charge in [-0.2, -0.15) is 0 Å². The zero-order chi connectivity index (χ0) is 13.8. The van der Waals surface area contributed by atoms with E-state index in [9.17, 15) is 9.18 Å². The number of rotatable bonds is 5. The second-order valence-corrected chi connectivity index (χ2v) is 4.80. The lowest BCUT2D eigenvalue weighted by atomic mass is 10.3. The smallest absolute Gasteiger partial charge is 0.228 e. The number of amides is 1. The van der Waals surface area contributed by atoms with E-state index < -0.39 is 5.82 Å². The summed E-state index contributed by atoms with van der Waals surface area (Å²) in [6.45, 7) is 0.342. The Morgan fingerprint density at radius 2 is 2.26 bits per heavy atom. The number of aromatic nitrogens is 1. The normalized spacial score (nSPS) is 10.7. The standard InChI is InChI=1S/C12H13FN2O3S/c1-17-4-3-10(16)14-12-15-11-8(18-2)5-7(13)6-9(11)19-12/h5-6H,3-4H2,1-2H3,(H,14,15,16). The van der Waals surface area contributed by atoms with Crippen molar-refractivity contribution >= 4 is 32.6 Å². The van der Waals surface area contributed by atoms with Gasteiger partial charge in [-0.15, -0.1) is 0 Å². The molecule has 7 heteroatoms. The van der Waals surface area contributed by atoms with Crippen molar-refractivity contribution in [2.24, 2.45) is 0 Å². The first kappa shape index (κ1) is 13.7. The Bertz CT molecular complexity index is 600. The monoisotopic (exact) mass is 284 g/mol. The van der Waals surface area contributed by atoms with Gasteiger partial charge in [-0.3, -0.25) is 4.79 Å². The van der Waals surface area contributed by atoms with Crippen LogP contribution >= 0.6 is 11.3 Å². The van der Waals surface area contributed by atoms with Crippen LogP contribution in [0.2, 0.25) is 0 Å². The second kappa shape index (κ2) is 5.94. The van der Waals surface area contributed by atoms with Gasteiger partial charge in [0.15, 0.2) is 5.13 Å². The molecule has 0 fully saturated rings. The lowest BCUT2D eigenvalue weighted by Gasteiger charge is -2.00. The number of fused-ring (bicyclic) bond motifs is 1. The van der Waals surface area contributed by atoms with Crippen molar-refractivity contribution in [2.75, 3.05) is 26.1 Å². The third-order valence-corrected chi connectivity index (χ3v) is 3.34. The molecule has 102 valence electrons. The Morgan fingerprint density at radius 1 is 1.47 bits per heavy atom. The van der Waals surface area contributed by atoms with Crippen LogP contribution in [0.1, 0.15) is 6.42 Å². The molecule has 0 saturated heterocycles. The van der Waals surface area contributed by atoms with Crippen LogP contribution in [0.25, 0.3) is 10.2 Å². The summed E-state index contributed by atoms with van der Waals surface area (Å²) in [6.07, 6.45) is 0.248. The highest BCUT2D eigenvalue weighted by Crippen LogP contribution is 2.33. The Morgan fingerprint density at radius 3 is 2.95 bits per heavy atom. The molecule has 0 aliphatic rings. The van der Waals surface area contributed by atoms with E-state index >= 15 is 0 Å². The van der Waals surface area contributed by atoms with Crippen LogP contribution in [0.3, 0.4) is 0 Å². The number of nitrogens with zero attached hydrogens (tertiary/aromatic N) is 1. The fourth-order valence-electron chi connectivity index (χ4n) is 1.55. The van der Waals surface area contributed by atoms with Crippen LogP contribution in [-0.2, 0) is 9.53 Å². The number of carbonyl (C=O) groups excluding carboxylic acids is 1. The summed E-state index contributed by atoms with van der Waals surface area (Å²) in [4.78, 5) is 15.8. The van der Waals surface area contributed by atoms with Gasteiger partial charge < -0.3 is 14.8 Å². The van der Waals surface area contributed by atoms with E-state index in [2.05, 4.69) is 10.3 Å². The van der Waals surface area contributed by atoms with Crippen molar-refractivity contribution in [3.8, 4) is 5.75 Å². The van der Waals surface area contributed by atoms with E-state index in [1.165, 1.54) is 37.7 Å². The molecule has 5 nitrogen and oxygen atoms in total. The Hall–Kier alpha value is -1.73. The molecule has 0 spiro atoms. The number of nitrogens with one attached hydrogen (secondary N) is 1. The summed E-state index contributed by atoms with van der Waals surface area (Å²) < 4.78 is 23.8. The predicted octanol–water partition coefficient (Wildman–Crippen LogP) is 2.42. The zero-order valence-corrected chi connectivity index (χ0v) is 11.3.